The first-order valence-electron chi connectivity index (χ1n) is 9.16. The highest BCUT2D eigenvalue weighted by Crippen LogP contribution is 2.43. The summed E-state index contributed by atoms with van der Waals surface area (Å²) in [5.74, 6) is 0.170. The van der Waals surface area contributed by atoms with Gasteiger partial charge in [-0.25, -0.2) is 4.39 Å². The Kier molecular flexibility index (Phi) is 4.73. The van der Waals surface area contributed by atoms with Gasteiger partial charge < -0.3 is 10.6 Å². The number of carbonyl (C=O) groups is 1. The van der Waals surface area contributed by atoms with E-state index in [2.05, 4.69) is 25.8 Å². The Morgan fingerprint density at radius 3 is 2.46 bits per heavy atom. The highest BCUT2D eigenvalue weighted by Gasteiger charge is 2.39. The number of rotatable bonds is 5. The Bertz CT molecular complexity index is 984. The van der Waals surface area contributed by atoms with Gasteiger partial charge in [0.25, 0.3) is 5.91 Å². The molecule has 2 heterocycles. The maximum atomic E-state index is 13.3. The molecule has 142 valence electrons. The summed E-state index contributed by atoms with van der Waals surface area (Å²) in [5, 5.41) is 14.6. The molecule has 0 atom stereocenters. The van der Waals surface area contributed by atoms with E-state index in [1.165, 1.54) is 12.1 Å². The third kappa shape index (κ3) is 3.43. The van der Waals surface area contributed by atoms with Crippen LogP contribution in [0.25, 0.3) is 11.3 Å². The van der Waals surface area contributed by atoms with E-state index in [-0.39, 0.29) is 17.3 Å². The Balaban J connectivity index is 1.55. The van der Waals surface area contributed by atoms with Crippen LogP contribution in [-0.4, -0.2) is 28.1 Å². The van der Waals surface area contributed by atoms with Crippen LogP contribution in [-0.2, 0) is 5.54 Å². The summed E-state index contributed by atoms with van der Waals surface area (Å²) in [4.78, 5) is 15.8. The predicted octanol–water partition coefficient (Wildman–Crippen LogP) is 3.53. The molecule has 0 spiro atoms. The van der Waals surface area contributed by atoms with Gasteiger partial charge in [-0.05, 0) is 61.2 Å². The fourth-order valence-corrected chi connectivity index (χ4v) is 3.43. The second-order valence-corrected chi connectivity index (χ2v) is 6.88. The molecule has 0 bridgehead atoms. The number of amides is 1. The van der Waals surface area contributed by atoms with Gasteiger partial charge in [0.1, 0.15) is 17.3 Å². The second-order valence-electron chi connectivity index (χ2n) is 6.88. The van der Waals surface area contributed by atoms with Crippen LogP contribution in [0.15, 0.2) is 54.7 Å². The molecule has 2 N–H and O–H groups in total. The van der Waals surface area contributed by atoms with Gasteiger partial charge in [0, 0.05) is 18.8 Å². The summed E-state index contributed by atoms with van der Waals surface area (Å²) in [6.45, 7) is 0. The van der Waals surface area contributed by atoms with E-state index in [0.29, 0.717) is 17.2 Å². The number of anilines is 1. The number of benzene rings is 1. The summed E-state index contributed by atoms with van der Waals surface area (Å²) in [7, 11) is 1.56. The SMILES string of the molecule is CNC(=O)c1cc(-c2ccc(NC3(c4ccc(F)cc4)CCC3)nn2)ccn1. The Morgan fingerprint density at radius 1 is 1.07 bits per heavy atom. The molecule has 1 aliphatic carbocycles. The van der Waals surface area contributed by atoms with Crippen molar-refractivity contribution in [1.29, 1.82) is 0 Å². The van der Waals surface area contributed by atoms with Crippen LogP contribution in [0.2, 0.25) is 0 Å². The van der Waals surface area contributed by atoms with E-state index in [0.717, 1.165) is 30.4 Å². The molecule has 4 rings (SSSR count). The van der Waals surface area contributed by atoms with Crippen LogP contribution in [0, 0.1) is 5.82 Å². The van der Waals surface area contributed by atoms with Crippen molar-refractivity contribution in [2.45, 2.75) is 24.8 Å². The standard InChI is InChI=1S/C21H20FN5O/c1-23-20(28)18-13-14(9-12-24-18)17-7-8-19(27-26-17)25-21(10-2-11-21)15-3-5-16(22)6-4-15/h3-9,12-13H,2,10-11H2,1H3,(H,23,28)(H,25,27). The molecule has 28 heavy (non-hydrogen) atoms. The molecule has 3 aromatic rings. The number of nitrogens with zero attached hydrogens (tertiary/aromatic N) is 3. The topological polar surface area (TPSA) is 79.8 Å². The first kappa shape index (κ1) is 18.0. The van der Waals surface area contributed by atoms with Crippen LogP contribution in [0.5, 0.6) is 0 Å². The minimum absolute atomic E-state index is 0.229. The number of aromatic nitrogens is 3. The molecule has 0 radical (unpaired) electrons. The first-order valence-corrected chi connectivity index (χ1v) is 9.16. The third-order valence-electron chi connectivity index (χ3n) is 5.15. The minimum Gasteiger partial charge on any atom is -0.359 e. The zero-order chi connectivity index (χ0) is 19.6. The third-order valence-corrected chi connectivity index (χ3v) is 5.15. The monoisotopic (exact) mass is 377 g/mol. The van der Waals surface area contributed by atoms with Gasteiger partial charge >= 0.3 is 0 Å². The predicted molar refractivity (Wildman–Crippen MR) is 104 cm³/mol. The molecule has 1 amide bonds. The number of hydrogen-bond donors (Lipinski definition) is 2. The van der Waals surface area contributed by atoms with E-state index >= 15 is 0 Å². The lowest BCUT2D eigenvalue weighted by Gasteiger charge is -2.43. The average molecular weight is 377 g/mol. The van der Waals surface area contributed by atoms with Crippen molar-refractivity contribution in [3.05, 3.63) is 71.8 Å². The molecule has 1 fully saturated rings. The normalized spacial score (nSPS) is 14.8. The molecule has 0 unspecified atom stereocenters. The maximum absolute atomic E-state index is 13.3. The lowest BCUT2D eigenvalue weighted by molar-refractivity contribution is 0.0958. The molecule has 1 saturated carbocycles. The lowest BCUT2D eigenvalue weighted by atomic mass is 9.72. The summed E-state index contributed by atoms with van der Waals surface area (Å²) >= 11 is 0. The van der Waals surface area contributed by atoms with Crippen LogP contribution in [0.1, 0.15) is 35.3 Å². The fourth-order valence-electron chi connectivity index (χ4n) is 3.43. The number of carbonyl (C=O) groups excluding carboxylic acids is 1. The average Bonchev–Trinajstić information content (AvgIpc) is 2.71. The summed E-state index contributed by atoms with van der Waals surface area (Å²) < 4.78 is 13.3. The molecule has 7 heteroatoms. The number of pyridine rings is 1. The summed E-state index contributed by atoms with van der Waals surface area (Å²) in [6, 6.07) is 13.8. The van der Waals surface area contributed by atoms with Crippen molar-refractivity contribution in [3.63, 3.8) is 0 Å². The largest absolute Gasteiger partial charge is 0.359 e. The highest BCUT2D eigenvalue weighted by atomic mass is 19.1. The van der Waals surface area contributed by atoms with E-state index in [1.54, 1.807) is 25.4 Å². The number of halogens is 1. The molecular weight excluding hydrogens is 357 g/mol. The van der Waals surface area contributed by atoms with Crippen molar-refractivity contribution in [3.8, 4) is 11.3 Å². The Morgan fingerprint density at radius 2 is 1.86 bits per heavy atom. The second kappa shape index (κ2) is 7.34. The zero-order valence-corrected chi connectivity index (χ0v) is 15.4. The van der Waals surface area contributed by atoms with Gasteiger partial charge in [0.2, 0.25) is 0 Å². The minimum atomic E-state index is -0.251. The molecule has 0 aliphatic heterocycles. The van der Waals surface area contributed by atoms with Crippen molar-refractivity contribution < 1.29 is 9.18 Å². The van der Waals surface area contributed by atoms with E-state index in [9.17, 15) is 9.18 Å². The fraction of sp³-hybridized carbons (Fsp3) is 0.238. The van der Waals surface area contributed by atoms with E-state index in [4.69, 9.17) is 0 Å². The quantitative estimate of drug-likeness (QED) is 0.711. The number of nitrogens with one attached hydrogen (secondary N) is 2. The Labute approximate surface area is 162 Å². The van der Waals surface area contributed by atoms with Crippen LogP contribution < -0.4 is 10.6 Å². The molecule has 6 nitrogen and oxygen atoms in total. The lowest BCUT2D eigenvalue weighted by Crippen LogP contribution is -2.42. The van der Waals surface area contributed by atoms with Gasteiger partial charge in [-0.1, -0.05) is 12.1 Å². The zero-order valence-electron chi connectivity index (χ0n) is 15.4. The van der Waals surface area contributed by atoms with Gasteiger partial charge in [-0.3, -0.25) is 9.78 Å². The van der Waals surface area contributed by atoms with Crippen LogP contribution >= 0.6 is 0 Å². The van der Waals surface area contributed by atoms with Crippen molar-refractivity contribution in [2.24, 2.45) is 0 Å². The highest BCUT2D eigenvalue weighted by molar-refractivity contribution is 5.93. The van der Waals surface area contributed by atoms with E-state index < -0.39 is 0 Å². The molecule has 1 aromatic carbocycles. The van der Waals surface area contributed by atoms with E-state index in [1.807, 2.05) is 24.3 Å². The van der Waals surface area contributed by atoms with Gasteiger partial charge in [-0.15, -0.1) is 10.2 Å². The first-order chi connectivity index (χ1) is 13.6. The summed E-state index contributed by atoms with van der Waals surface area (Å²) in [6.07, 6.45) is 4.60. The van der Waals surface area contributed by atoms with Gasteiger partial charge in [0.05, 0.1) is 11.2 Å². The number of hydrogen-bond acceptors (Lipinski definition) is 5. The molecular formula is C21H20FN5O. The van der Waals surface area contributed by atoms with Crippen molar-refractivity contribution in [1.82, 2.24) is 20.5 Å². The van der Waals surface area contributed by atoms with Crippen molar-refractivity contribution in [2.75, 3.05) is 12.4 Å². The van der Waals surface area contributed by atoms with Gasteiger partial charge in [0.15, 0.2) is 0 Å². The molecule has 0 saturated heterocycles. The smallest absolute Gasteiger partial charge is 0.269 e. The van der Waals surface area contributed by atoms with Gasteiger partial charge in [-0.2, -0.15) is 0 Å². The van der Waals surface area contributed by atoms with Crippen LogP contribution in [0.3, 0.4) is 0 Å². The maximum Gasteiger partial charge on any atom is 0.269 e. The summed E-state index contributed by atoms with van der Waals surface area (Å²) in [5.41, 5.74) is 2.57. The Hall–Kier alpha value is -3.35. The molecule has 2 aromatic heterocycles. The van der Waals surface area contributed by atoms with Crippen molar-refractivity contribution >= 4 is 11.7 Å². The van der Waals surface area contributed by atoms with Crippen LogP contribution in [0.4, 0.5) is 10.2 Å². The molecule has 1 aliphatic rings.